The molecule has 2 aromatic carbocycles. The zero-order chi connectivity index (χ0) is 17.0. The van der Waals surface area contributed by atoms with Gasteiger partial charge in [-0.05, 0) is 51.0 Å². The SMILES string of the molecule is COc1ccccc1OC(C)C(=O)Nc1c(C)cc(C)cc1C. The fraction of sp³-hybridized carbons (Fsp3) is 0.316. The van der Waals surface area contributed by atoms with E-state index in [9.17, 15) is 4.79 Å². The maximum atomic E-state index is 12.4. The number of anilines is 1. The van der Waals surface area contributed by atoms with Crippen LogP contribution in [0, 0.1) is 20.8 Å². The van der Waals surface area contributed by atoms with Gasteiger partial charge in [-0.2, -0.15) is 0 Å². The second-order valence-corrected chi connectivity index (χ2v) is 5.67. The summed E-state index contributed by atoms with van der Waals surface area (Å²) in [6.45, 7) is 7.74. The minimum absolute atomic E-state index is 0.189. The quantitative estimate of drug-likeness (QED) is 0.906. The highest BCUT2D eigenvalue weighted by atomic mass is 16.5. The number of rotatable bonds is 5. The van der Waals surface area contributed by atoms with Gasteiger partial charge in [0.25, 0.3) is 5.91 Å². The van der Waals surface area contributed by atoms with E-state index in [2.05, 4.69) is 5.32 Å². The third kappa shape index (κ3) is 4.03. The summed E-state index contributed by atoms with van der Waals surface area (Å²) in [5, 5.41) is 2.96. The Kier molecular flexibility index (Phi) is 5.27. The van der Waals surface area contributed by atoms with Crippen LogP contribution in [0.1, 0.15) is 23.6 Å². The van der Waals surface area contributed by atoms with Crippen molar-refractivity contribution in [2.75, 3.05) is 12.4 Å². The normalized spacial score (nSPS) is 11.7. The molecule has 0 aliphatic rings. The summed E-state index contributed by atoms with van der Waals surface area (Å²) < 4.78 is 11.0. The van der Waals surface area contributed by atoms with Gasteiger partial charge in [-0.3, -0.25) is 4.79 Å². The molecule has 2 aromatic rings. The average molecular weight is 313 g/mol. The van der Waals surface area contributed by atoms with Crippen LogP contribution in [0.2, 0.25) is 0 Å². The van der Waals surface area contributed by atoms with E-state index in [0.717, 1.165) is 16.8 Å². The number of hydrogen-bond donors (Lipinski definition) is 1. The van der Waals surface area contributed by atoms with Gasteiger partial charge >= 0.3 is 0 Å². The lowest BCUT2D eigenvalue weighted by atomic mass is 10.0. The second kappa shape index (κ2) is 7.18. The van der Waals surface area contributed by atoms with Gasteiger partial charge in [0.2, 0.25) is 0 Å². The lowest BCUT2D eigenvalue weighted by Gasteiger charge is -2.18. The van der Waals surface area contributed by atoms with Gasteiger partial charge in [-0.15, -0.1) is 0 Å². The van der Waals surface area contributed by atoms with Crippen LogP contribution in [0.25, 0.3) is 0 Å². The molecule has 0 aromatic heterocycles. The Hall–Kier alpha value is -2.49. The lowest BCUT2D eigenvalue weighted by molar-refractivity contribution is -0.122. The van der Waals surface area contributed by atoms with Crippen molar-refractivity contribution in [1.29, 1.82) is 0 Å². The third-order valence-corrected chi connectivity index (χ3v) is 3.67. The van der Waals surface area contributed by atoms with E-state index in [0.29, 0.717) is 11.5 Å². The topological polar surface area (TPSA) is 47.6 Å². The average Bonchev–Trinajstić information content (AvgIpc) is 2.51. The third-order valence-electron chi connectivity index (χ3n) is 3.67. The number of amides is 1. The first-order valence-corrected chi connectivity index (χ1v) is 7.60. The fourth-order valence-corrected chi connectivity index (χ4v) is 2.56. The van der Waals surface area contributed by atoms with Gasteiger partial charge in [0.1, 0.15) is 0 Å². The van der Waals surface area contributed by atoms with Crippen molar-refractivity contribution in [2.45, 2.75) is 33.8 Å². The summed E-state index contributed by atoms with van der Waals surface area (Å²) in [4.78, 5) is 12.4. The minimum Gasteiger partial charge on any atom is -0.493 e. The van der Waals surface area contributed by atoms with Crippen LogP contribution >= 0.6 is 0 Å². The van der Waals surface area contributed by atoms with Gasteiger partial charge in [0, 0.05) is 5.69 Å². The molecular formula is C19H23NO3. The number of ether oxygens (including phenoxy) is 2. The van der Waals surface area contributed by atoms with Crippen LogP contribution in [0.4, 0.5) is 5.69 Å². The summed E-state index contributed by atoms with van der Waals surface area (Å²) in [7, 11) is 1.58. The Morgan fingerprint density at radius 1 is 1.04 bits per heavy atom. The Balaban J connectivity index is 2.12. The minimum atomic E-state index is -0.633. The van der Waals surface area contributed by atoms with Gasteiger partial charge in [-0.25, -0.2) is 0 Å². The van der Waals surface area contributed by atoms with Crippen molar-refractivity contribution in [3.63, 3.8) is 0 Å². The van der Waals surface area contributed by atoms with Crippen LogP contribution in [-0.4, -0.2) is 19.1 Å². The first kappa shape index (κ1) is 16.9. The molecule has 1 unspecified atom stereocenters. The van der Waals surface area contributed by atoms with E-state index < -0.39 is 6.10 Å². The molecule has 0 fully saturated rings. The van der Waals surface area contributed by atoms with Crippen molar-refractivity contribution >= 4 is 11.6 Å². The van der Waals surface area contributed by atoms with E-state index in [1.54, 1.807) is 26.2 Å². The zero-order valence-corrected chi connectivity index (χ0v) is 14.3. The van der Waals surface area contributed by atoms with Crippen molar-refractivity contribution in [1.82, 2.24) is 0 Å². The van der Waals surface area contributed by atoms with Crippen molar-refractivity contribution < 1.29 is 14.3 Å². The predicted molar refractivity (Wildman–Crippen MR) is 92.4 cm³/mol. The Labute approximate surface area is 137 Å². The highest BCUT2D eigenvalue weighted by molar-refractivity contribution is 5.95. The molecule has 4 heteroatoms. The van der Waals surface area contributed by atoms with Crippen molar-refractivity contribution in [3.05, 3.63) is 53.1 Å². The Morgan fingerprint density at radius 2 is 1.61 bits per heavy atom. The van der Waals surface area contributed by atoms with E-state index in [1.165, 1.54) is 5.56 Å². The monoisotopic (exact) mass is 313 g/mol. The fourth-order valence-electron chi connectivity index (χ4n) is 2.56. The lowest BCUT2D eigenvalue weighted by Crippen LogP contribution is -2.30. The van der Waals surface area contributed by atoms with Crippen LogP contribution < -0.4 is 14.8 Å². The number of para-hydroxylation sites is 2. The molecule has 1 atom stereocenters. The Morgan fingerprint density at radius 3 is 2.17 bits per heavy atom. The number of benzene rings is 2. The van der Waals surface area contributed by atoms with E-state index in [4.69, 9.17) is 9.47 Å². The number of methoxy groups -OCH3 is 1. The summed E-state index contributed by atoms with van der Waals surface area (Å²) in [6.07, 6.45) is -0.633. The van der Waals surface area contributed by atoms with Crippen molar-refractivity contribution in [3.8, 4) is 11.5 Å². The largest absolute Gasteiger partial charge is 0.493 e. The molecule has 0 aliphatic heterocycles. The van der Waals surface area contributed by atoms with Gasteiger partial charge in [0.05, 0.1) is 7.11 Å². The second-order valence-electron chi connectivity index (χ2n) is 5.67. The van der Waals surface area contributed by atoms with Gasteiger partial charge < -0.3 is 14.8 Å². The van der Waals surface area contributed by atoms with Crippen LogP contribution in [0.15, 0.2) is 36.4 Å². The molecule has 0 heterocycles. The van der Waals surface area contributed by atoms with Crippen LogP contribution in [0.3, 0.4) is 0 Å². The maximum Gasteiger partial charge on any atom is 0.265 e. The molecule has 0 bridgehead atoms. The van der Waals surface area contributed by atoms with E-state index in [-0.39, 0.29) is 5.91 Å². The molecule has 0 aliphatic carbocycles. The summed E-state index contributed by atoms with van der Waals surface area (Å²) in [6, 6.07) is 11.4. The predicted octanol–water partition coefficient (Wildman–Crippen LogP) is 4.03. The molecule has 2 rings (SSSR count). The molecule has 0 saturated heterocycles. The van der Waals surface area contributed by atoms with Crippen molar-refractivity contribution in [2.24, 2.45) is 0 Å². The molecule has 23 heavy (non-hydrogen) atoms. The number of aryl methyl sites for hydroxylation is 3. The number of carbonyl (C=O) groups is 1. The molecular weight excluding hydrogens is 290 g/mol. The number of hydrogen-bond acceptors (Lipinski definition) is 3. The molecule has 4 nitrogen and oxygen atoms in total. The number of carbonyl (C=O) groups excluding carboxylic acids is 1. The summed E-state index contributed by atoms with van der Waals surface area (Å²) >= 11 is 0. The van der Waals surface area contributed by atoms with Gasteiger partial charge in [0.15, 0.2) is 17.6 Å². The molecule has 0 spiro atoms. The molecule has 0 saturated carbocycles. The maximum absolute atomic E-state index is 12.4. The van der Waals surface area contributed by atoms with Gasteiger partial charge in [-0.1, -0.05) is 29.8 Å². The van der Waals surface area contributed by atoms with E-state index >= 15 is 0 Å². The standard InChI is InChI=1S/C19H23NO3/c1-12-10-13(2)18(14(3)11-12)20-19(21)15(4)23-17-9-7-6-8-16(17)22-5/h6-11,15H,1-5H3,(H,20,21). The van der Waals surface area contributed by atoms with Crippen LogP contribution in [-0.2, 0) is 4.79 Å². The summed E-state index contributed by atoms with van der Waals surface area (Å²) in [5.41, 5.74) is 4.10. The van der Waals surface area contributed by atoms with E-state index in [1.807, 2.05) is 45.0 Å². The highest BCUT2D eigenvalue weighted by Crippen LogP contribution is 2.27. The number of nitrogens with one attached hydrogen (secondary N) is 1. The first-order valence-electron chi connectivity index (χ1n) is 7.60. The smallest absolute Gasteiger partial charge is 0.265 e. The molecule has 0 radical (unpaired) electrons. The molecule has 1 amide bonds. The highest BCUT2D eigenvalue weighted by Gasteiger charge is 2.18. The summed E-state index contributed by atoms with van der Waals surface area (Å²) in [5.74, 6) is 0.968. The Bertz CT molecular complexity index is 687. The molecule has 1 N–H and O–H groups in total. The van der Waals surface area contributed by atoms with Crippen LogP contribution in [0.5, 0.6) is 11.5 Å². The first-order chi connectivity index (χ1) is 10.9. The zero-order valence-electron chi connectivity index (χ0n) is 14.3. The molecule has 122 valence electrons.